The van der Waals surface area contributed by atoms with Crippen LogP contribution in [0.15, 0.2) is 84.0 Å². The minimum absolute atomic E-state index is 0.134. The van der Waals surface area contributed by atoms with Gasteiger partial charge in [-0.05, 0) is 60.7 Å². The van der Waals surface area contributed by atoms with E-state index in [4.69, 9.17) is 11.6 Å². The third-order valence-electron chi connectivity index (χ3n) is 4.57. The van der Waals surface area contributed by atoms with E-state index in [2.05, 4.69) is 20.8 Å². The average Bonchev–Trinajstić information content (AvgIpc) is 3.24. The second kappa shape index (κ2) is 10.3. The van der Waals surface area contributed by atoms with E-state index in [1.165, 1.54) is 18.7 Å². The van der Waals surface area contributed by atoms with Gasteiger partial charge in [-0.2, -0.15) is 0 Å². The number of benzene rings is 3. The van der Waals surface area contributed by atoms with E-state index < -0.39 is 0 Å². The van der Waals surface area contributed by atoms with Crippen LogP contribution in [0.3, 0.4) is 0 Å². The fourth-order valence-corrected chi connectivity index (χ4v) is 4.00. The van der Waals surface area contributed by atoms with Crippen LogP contribution in [0, 0.1) is 0 Å². The predicted octanol–water partition coefficient (Wildman–Crippen LogP) is 5.28. The highest BCUT2D eigenvalue weighted by molar-refractivity contribution is 7.99. The van der Waals surface area contributed by atoms with Crippen molar-refractivity contribution in [1.82, 2.24) is 14.8 Å². The zero-order chi connectivity index (χ0) is 23.2. The molecule has 166 valence electrons. The number of hydrogen-bond acceptors (Lipinski definition) is 5. The average molecular weight is 478 g/mol. The topological polar surface area (TPSA) is 88.9 Å². The molecule has 0 aliphatic heterocycles. The molecule has 1 heterocycles. The molecule has 0 bridgehead atoms. The van der Waals surface area contributed by atoms with Gasteiger partial charge in [0.05, 0.1) is 5.75 Å². The number of carbonyl (C=O) groups excluding carboxylic acids is 2. The van der Waals surface area contributed by atoms with Crippen LogP contribution < -0.4 is 10.6 Å². The molecule has 0 saturated carbocycles. The number of anilines is 2. The monoisotopic (exact) mass is 477 g/mol. The van der Waals surface area contributed by atoms with Gasteiger partial charge < -0.3 is 10.6 Å². The lowest BCUT2D eigenvalue weighted by atomic mass is 10.2. The molecule has 9 heteroatoms. The Morgan fingerprint density at radius 1 is 0.879 bits per heavy atom. The van der Waals surface area contributed by atoms with E-state index in [0.29, 0.717) is 27.4 Å². The summed E-state index contributed by atoms with van der Waals surface area (Å²) in [5.41, 5.74) is 3.09. The number of nitrogens with one attached hydrogen (secondary N) is 2. The molecule has 0 atom stereocenters. The van der Waals surface area contributed by atoms with Gasteiger partial charge in [0.1, 0.15) is 0 Å². The Kier molecular flexibility index (Phi) is 7.07. The molecule has 0 fully saturated rings. The van der Waals surface area contributed by atoms with Gasteiger partial charge in [0.25, 0.3) is 0 Å². The molecule has 2 amide bonds. The maximum absolute atomic E-state index is 12.5. The summed E-state index contributed by atoms with van der Waals surface area (Å²) in [6.07, 6.45) is 0. The molecule has 0 aliphatic rings. The van der Waals surface area contributed by atoms with Crippen molar-refractivity contribution < 1.29 is 9.59 Å². The standard InChI is InChI=1S/C24H20ClN5O2S/c1-16(31)26-19-11-7-17(8-12-19)23-28-29-24(30(23)21-5-3-2-4-6-21)33-15-22(32)27-20-13-9-18(25)10-14-20/h2-14H,15H2,1H3,(H,26,31)(H,27,32). The Hall–Kier alpha value is -3.62. The highest BCUT2D eigenvalue weighted by Gasteiger charge is 2.17. The Labute approximate surface area is 200 Å². The quantitative estimate of drug-likeness (QED) is 0.354. The third-order valence-corrected chi connectivity index (χ3v) is 5.75. The molecule has 0 saturated heterocycles. The maximum atomic E-state index is 12.5. The number of rotatable bonds is 7. The lowest BCUT2D eigenvalue weighted by Crippen LogP contribution is -2.14. The number of hydrogen-bond donors (Lipinski definition) is 2. The minimum Gasteiger partial charge on any atom is -0.326 e. The van der Waals surface area contributed by atoms with Crippen molar-refractivity contribution in [3.05, 3.63) is 83.9 Å². The van der Waals surface area contributed by atoms with Crippen LogP contribution in [-0.2, 0) is 9.59 Å². The van der Waals surface area contributed by atoms with E-state index in [1.54, 1.807) is 24.3 Å². The van der Waals surface area contributed by atoms with Crippen LogP contribution >= 0.6 is 23.4 Å². The molecule has 1 aromatic heterocycles. The number of carbonyl (C=O) groups is 2. The van der Waals surface area contributed by atoms with Crippen molar-refractivity contribution >= 4 is 46.6 Å². The zero-order valence-corrected chi connectivity index (χ0v) is 19.2. The summed E-state index contributed by atoms with van der Waals surface area (Å²) < 4.78 is 1.91. The van der Waals surface area contributed by atoms with Crippen LogP contribution in [0.5, 0.6) is 0 Å². The van der Waals surface area contributed by atoms with Crippen molar-refractivity contribution in [2.45, 2.75) is 12.1 Å². The van der Waals surface area contributed by atoms with Crippen LogP contribution in [0.1, 0.15) is 6.92 Å². The first kappa shape index (κ1) is 22.6. The largest absolute Gasteiger partial charge is 0.326 e. The maximum Gasteiger partial charge on any atom is 0.234 e. The number of aromatic nitrogens is 3. The molecule has 0 aliphatic carbocycles. The van der Waals surface area contributed by atoms with Crippen molar-refractivity contribution in [2.75, 3.05) is 16.4 Å². The summed E-state index contributed by atoms with van der Waals surface area (Å²) in [5, 5.41) is 15.5. The van der Waals surface area contributed by atoms with Crippen molar-refractivity contribution in [3.8, 4) is 17.1 Å². The summed E-state index contributed by atoms with van der Waals surface area (Å²) >= 11 is 7.19. The molecule has 7 nitrogen and oxygen atoms in total. The van der Waals surface area contributed by atoms with Gasteiger partial charge in [0.15, 0.2) is 11.0 Å². The van der Waals surface area contributed by atoms with Gasteiger partial charge in [-0.3, -0.25) is 14.2 Å². The Balaban J connectivity index is 1.57. The summed E-state index contributed by atoms with van der Waals surface area (Å²) in [6, 6.07) is 24.0. The van der Waals surface area contributed by atoms with E-state index in [0.717, 1.165) is 11.3 Å². The smallest absolute Gasteiger partial charge is 0.234 e. The van der Waals surface area contributed by atoms with Crippen LogP contribution in [-0.4, -0.2) is 32.3 Å². The summed E-state index contributed by atoms with van der Waals surface area (Å²) in [7, 11) is 0. The summed E-state index contributed by atoms with van der Waals surface area (Å²) in [4.78, 5) is 23.8. The molecule has 0 radical (unpaired) electrons. The molecule has 4 aromatic rings. The minimum atomic E-state index is -0.161. The predicted molar refractivity (Wildman–Crippen MR) is 132 cm³/mol. The van der Waals surface area contributed by atoms with Crippen molar-refractivity contribution in [1.29, 1.82) is 0 Å². The molecule has 4 rings (SSSR count). The second-order valence-electron chi connectivity index (χ2n) is 7.08. The van der Waals surface area contributed by atoms with Gasteiger partial charge in [-0.1, -0.05) is 41.6 Å². The lowest BCUT2D eigenvalue weighted by Gasteiger charge is -2.11. The zero-order valence-electron chi connectivity index (χ0n) is 17.7. The highest BCUT2D eigenvalue weighted by atomic mass is 35.5. The third kappa shape index (κ3) is 5.79. The molecule has 0 spiro atoms. The van der Waals surface area contributed by atoms with E-state index in [9.17, 15) is 9.59 Å². The summed E-state index contributed by atoms with van der Waals surface area (Å²) in [5.74, 6) is 0.503. The summed E-state index contributed by atoms with van der Waals surface area (Å²) in [6.45, 7) is 1.46. The van der Waals surface area contributed by atoms with E-state index >= 15 is 0 Å². The molecular formula is C24H20ClN5O2S. The first-order valence-corrected chi connectivity index (χ1v) is 11.4. The van der Waals surface area contributed by atoms with Crippen LogP contribution in [0.4, 0.5) is 11.4 Å². The molecule has 0 unspecified atom stereocenters. The number of thioether (sulfide) groups is 1. The Morgan fingerprint density at radius 3 is 2.18 bits per heavy atom. The molecule has 2 N–H and O–H groups in total. The molecule has 3 aromatic carbocycles. The van der Waals surface area contributed by atoms with Gasteiger partial charge in [0.2, 0.25) is 11.8 Å². The van der Waals surface area contributed by atoms with Crippen LogP contribution in [0.2, 0.25) is 5.02 Å². The fraction of sp³-hybridized carbons (Fsp3) is 0.0833. The van der Waals surface area contributed by atoms with Gasteiger partial charge in [0, 0.05) is 34.6 Å². The van der Waals surface area contributed by atoms with Crippen molar-refractivity contribution in [3.63, 3.8) is 0 Å². The van der Waals surface area contributed by atoms with Gasteiger partial charge in [-0.15, -0.1) is 10.2 Å². The SMILES string of the molecule is CC(=O)Nc1ccc(-c2nnc(SCC(=O)Nc3ccc(Cl)cc3)n2-c2ccccc2)cc1. The molecular weight excluding hydrogens is 458 g/mol. The number of nitrogens with zero attached hydrogens (tertiary/aromatic N) is 3. The highest BCUT2D eigenvalue weighted by Crippen LogP contribution is 2.29. The van der Waals surface area contributed by atoms with E-state index in [1.807, 2.05) is 59.2 Å². The van der Waals surface area contributed by atoms with Gasteiger partial charge in [-0.25, -0.2) is 0 Å². The normalized spacial score (nSPS) is 10.6. The molecule has 33 heavy (non-hydrogen) atoms. The lowest BCUT2D eigenvalue weighted by molar-refractivity contribution is -0.114. The van der Waals surface area contributed by atoms with Gasteiger partial charge >= 0.3 is 0 Å². The van der Waals surface area contributed by atoms with Crippen molar-refractivity contribution in [2.24, 2.45) is 0 Å². The van der Waals surface area contributed by atoms with Crippen LogP contribution in [0.25, 0.3) is 17.1 Å². The first-order chi connectivity index (χ1) is 16.0. The Bertz CT molecular complexity index is 1260. The number of para-hydroxylation sites is 1. The number of amides is 2. The second-order valence-corrected chi connectivity index (χ2v) is 8.46. The number of halogens is 1. The Morgan fingerprint density at radius 2 is 1.52 bits per heavy atom. The van der Waals surface area contributed by atoms with E-state index in [-0.39, 0.29) is 17.6 Å². The fourth-order valence-electron chi connectivity index (χ4n) is 3.13. The first-order valence-electron chi connectivity index (χ1n) is 10.1.